The Labute approximate surface area is 183 Å². The van der Waals surface area contributed by atoms with Gasteiger partial charge in [0.25, 0.3) is 0 Å². The molecule has 0 aromatic carbocycles. The number of alkyl halides is 2. The van der Waals surface area contributed by atoms with Gasteiger partial charge in [0.15, 0.2) is 0 Å². The molecule has 0 aliphatic rings. The summed E-state index contributed by atoms with van der Waals surface area (Å²) < 4.78 is 0. The lowest BCUT2D eigenvalue weighted by atomic mass is 10.1. The number of hydrogen-bond donors (Lipinski definition) is 0. The second-order valence-electron chi connectivity index (χ2n) is 8.32. The number of hydrogen-bond acceptors (Lipinski definition) is 0. The van der Waals surface area contributed by atoms with E-state index in [0.717, 1.165) is 6.42 Å². The SMILES string of the molecule is CCCCCCCCP(CCCCCCCC)CCCCCCCC(Cl)Cl. The van der Waals surface area contributed by atoms with E-state index in [1.807, 2.05) is 0 Å². The van der Waals surface area contributed by atoms with Crippen molar-refractivity contribution in [1.29, 1.82) is 0 Å². The Hall–Kier alpha value is 1.01. The quantitative estimate of drug-likeness (QED) is 0.0894. The zero-order valence-electron chi connectivity index (χ0n) is 18.6. The summed E-state index contributed by atoms with van der Waals surface area (Å²) in [6, 6.07) is 0. The molecule has 164 valence electrons. The van der Waals surface area contributed by atoms with Gasteiger partial charge in [0, 0.05) is 0 Å². The molecule has 0 rings (SSSR count). The fraction of sp³-hybridized carbons (Fsp3) is 1.00. The monoisotopic (exact) mass is 438 g/mol. The third kappa shape index (κ3) is 23.2. The van der Waals surface area contributed by atoms with Crippen molar-refractivity contribution in [2.75, 3.05) is 18.5 Å². The van der Waals surface area contributed by atoms with Crippen LogP contribution < -0.4 is 0 Å². The van der Waals surface area contributed by atoms with E-state index >= 15 is 0 Å². The zero-order valence-corrected chi connectivity index (χ0v) is 21.0. The van der Waals surface area contributed by atoms with Crippen molar-refractivity contribution in [2.24, 2.45) is 0 Å². The minimum atomic E-state index is -0.160. The van der Waals surface area contributed by atoms with Gasteiger partial charge in [0.2, 0.25) is 0 Å². The zero-order chi connectivity index (χ0) is 20.0. The first-order valence-corrected chi connectivity index (χ1v) is 15.0. The molecule has 0 heterocycles. The van der Waals surface area contributed by atoms with E-state index in [4.69, 9.17) is 23.2 Å². The van der Waals surface area contributed by atoms with Crippen LogP contribution in [0.1, 0.15) is 129 Å². The van der Waals surface area contributed by atoms with E-state index in [2.05, 4.69) is 13.8 Å². The molecule has 0 N–H and O–H groups in total. The fourth-order valence-electron chi connectivity index (χ4n) is 3.73. The lowest BCUT2D eigenvalue weighted by Gasteiger charge is -2.18. The lowest BCUT2D eigenvalue weighted by molar-refractivity contribution is 0.616. The highest BCUT2D eigenvalue weighted by molar-refractivity contribution is 7.57. The summed E-state index contributed by atoms with van der Waals surface area (Å²) in [6.45, 7) is 4.62. The van der Waals surface area contributed by atoms with Crippen LogP contribution in [-0.2, 0) is 0 Å². The van der Waals surface area contributed by atoms with Gasteiger partial charge in [-0.25, -0.2) is 0 Å². The summed E-state index contributed by atoms with van der Waals surface area (Å²) in [6.07, 6.45) is 29.7. The van der Waals surface area contributed by atoms with Crippen molar-refractivity contribution < 1.29 is 0 Å². The third-order valence-electron chi connectivity index (χ3n) is 5.55. The van der Waals surface area contributed by atoms with E-state index in [1.165, 1.54) is 115 Å². The van der Waals surface area contributed by atoms with Crippen molar-refractivity contribution in [3.05, 3.63) is 0 Å². The molecule has 27 heavy (non-hydrogen) atoms. The van der Waals surface area contributed by atoms with Crippen LogP contribution in [0.25, 0.3) is 0 Å². The van der Waals surface area contributed by atoms with Gasteiger partial charge in [-0.05, 0) is 44.2 Å². The molecule has 0 aromatic heterocycles. The Balaban J connectivity index is 3.80. The fourth-order valence-corrected chi connectivity index (χ4v) is 6.72. The molecule has 0 fully saturated rings. The average Bonchev–Trinajstić information content (AvgIpc) is 2.65. The molecule has 0 amide bonds. The molecule has 0 aliphatic heterocycles. The molecule has 0 atom stereocenters. The summed E-state index contributed by atoms with van der Waals surface area (Å²) in [5.41, 5.74) is 0. The largest absolute Gasteiger partial charge is 0.107 e. The topological polar surface area (TPSA) is 0 Å². The summed E-state index contributed by atoms with van der Waals surface area (Å²) >= 11 is 11.6. The van der Waals surface area contributed by atoms with Crippen LogP contribution in [0.15, 0.2) is 0 Å². The molecule has 0 spiro atoms. The molecule has 0 aromatic rings. The molecule has 0 saturated carbocycles. The van der Waals surface area contributed by atoms with Crippen LogP contribution in [0, 0.1) is 0 Å². The van der Waals surface area contributed by atoms with E-state index in [0.29, 0.717) is 7.92 Å². The predicted molar refractivity (Wildman–Crippen MR) is 131 cm³/mol. The standard InChI is InChI=1S/C24H49Cl2P/c1-3-5-7-9-13-17-21-27(22-18-14-10-8-6-4-2)23-19-15-11-12-16-20-24(25)26/h24H,3-23H2,1-2H3. The molecular formula is C24H49Cl2P. The molecule has 0 nitrogen and oxygen atoms in total. The minimum absolute atomic E-state index is 0.160. The summed E-state index contributed by atoms with van der Waals surface area (Å²) in [5.74, 6) is 0. The summed E-state index contributed by atoms with van der Waals surface area (Å²) in [7, 11) is 0.313. The maximum absolute atomic E-state index is 5.80. The van der Waals surface area contributed by atoms with Gasteiger partial charge in [-0.15, -0.1) is 31.1 Å². The van der Waals surface area contributed by atoms with Crippen molar-refractivity contribution in [1.82, 2.24) is 0 Å². The average molecular weight is 440 g/mol. The van der Waals surface area contributed by atoms with Crippen molar-refractivity contribution in [2.45, 2.75) is 134 Å². The first-order chi connectivity index (χ1) is 13.2. The van der Waals surface area contributed by atoms with Crippen molar-refractivity contribution in [3.63, 3.8) is 0 Å². The molecule has 3 heteroatoms. The molecular weight excluding hydrogens is 390 g/mol. The van der Waals surface area contributed by atoms with Crippen molar-refractivity contribution in [3.8, 4) is 0 Å². The smallest absolute Gasteiger partial charge is 0.107 e. The molecule has 0 radical (unpaired) electrons. The van der Waals surface area contributed by atoms with Gasteiger partial charge in [-0.2, -0.15) is 0 Å². The van der Waals surface area contributed by atoms with Crippen LogP contribution in [0.4, 0.5) is 0 Å². The Morgan fingerprint density at radius 2 is 0.815 bits per heavy atom. The van der Waals surface area contributed by atoms with Gasteiger partial charge in [0.05, 0.1) is 0 Å². The second-order valence-corrected chi connectivity index (χ2v) is 12.3. The summed E-state index contributed by atoms with van der Waals surface area (Å²) in [5, 5.41) is 0. The van der Waals surface area contributed by atoms with Gasteiger partial charge >= 0.3 is 0 Å². The Kier molecular flexibility index (Phi) is 24.2. The highest BCUT2D eigenvalue weighted by atomic mass is 35.5. The van der Waals surface area contributed by atoms with Crippen LogP contribution in [-0.4, -0.2) is 23.3 Å². The number of unbranched alkanes of at least 4 members (excludes halogenated alkanes) is 14. The van der Waals surface area contributed by atoms with Crippen LogP contribution >= 0.6 is 31.1 Å². The van der Waals surface area contributed by atoms with E-state index < -0.39 is 0 Å². The van der Waals surface area contributed by atoms with Crippen molar-refractivity contribution >= 4 is 31.1 Å². The Morgan fingerprint density at radius 1 is 0.481 bits per heavy atom. The molecule has 0 unspecified atom stereocenters. The maximum Gasteiger partial charge on any atom is 0.107 e. The Bertz CT molecular complexity index is 255. The second kappa shape index (κ2) is 23.3. The van der Waals surface area contributed by atoms with Gasteiger partial charge in [0.1, 0.15) is 4.84 Å². The van der Waals surface area contributed by atoms with E-state index in [1.54, 1.807) is 12.3 Å². The van der Waals surface area contributed by atoms with Crippen LogP contribution in [0.2, 0.25) is 0 Å². The van der Waals surface area contributed by atoms with Crippen LogP contribution in [0.5, 0.6) is 0 Å². The predicted octanol–water partition coefficient (Wildman–Crippen LogP) is 10.3. The van der Waals surface area contributed by atoms with Gasteiger partial charge in [-0.3, -0.25) is 0 Å². The normalized spacial score (nSPS) is 11.8. The molecule has 0 aliphatic carbocycles. The van der Waals surface area contributed by atoms with E-state index in [-0.39, 0.29) is 4.84 Å². The highest BCUT2D eigenvalue weighted by Gasteiger charge is 2.08. The molecule has 0 bridgehead atoms. The molecule has 0 saturated heterocycles. The number of rotatable bonds is 22. The first kappa shape index (κ1) is 28.0. The number of halogens is 2. The lowest BCUT2D eigenvalue weighted by Crippen LogP contribution is -1.97. The van der Waals surface area contributed by atoms with Gasteiger partial charge in [-0.1, -0.05) is 104 Å². The summed E-state index contributed by atoms with van der Waals surface area (Å²) in [4.78, 5) is -0.160. The maximum atomic E-state index is 5.80. The highest BCUT2D eigenvalue weighted by Crippen LogP contribution is 2.39. The van der Waals surface area contributed by atoms with Gasteiger partial charge < -0.3 is 0 Å². The first-order valence-electron chi connectivity index (χ1n) is 12.2. The van der Waals surface area contributed by atoms with Crippen LogP contribution in [0.3, 0.4) is 0 Å². The Morgan fingerprint density at radius 3 is 1.19 bits per heavy atom. The third-order valence-corrected chi connectivity index (χ3v) is 8.83. The minimum Gasteiger partial charge on any atom is -0.107 e. The van der Waals surface area contributed by atoms with E-state index in [9.17, 15) is 0 Å².